The van der Waals surface area contributed by atoms with Gasteiger partial charge in [0, 0.05) is 37.5 Å². The summed E-state index contributed by atoms with van der Waals surface area (Å²) in [5, 5.41) is 7.46. The Morgan fingerprint density at radius 3 is 2.93 bits per heavy atom. The molecule has 0 radical (unpaired) electrons. The SMILES string of the molecule is O=C1c2sc(-c3ccc(N4CCCC(F)C4)nc3)nc2CCN1c1cn[nH]c1. The lowest BCUT2D eigenvalue weighted by Crippen LogP contribution is -2.36. The molecular formula is C19H19FN6OS. The number of aromatic nitrogens is 4. The molecule has 0 saturated carbocycles. The van der Waals surface area contributed by atoms with Gasteiger partial charge in [0.15, 0.2) is 0 Å². The van der Waals surface area contributed by atoms with E-state index in [0.29, 0.717) is 30.8 Å². The largest absolute Gasteiger partial charge is 0.354 e. The Kier molecular flexibility index (Phi) is 4.31. The molecule has 5 heterocycles. The first kappa shape index (κ1) is 17.3. The topological polar surface area (TPSA) is 78.0 Å². The molecule has 0 aliphatic carbocycles. The van der Waals surface area contributed by atoms with Gasteiger partial charge in [-0.3, -0.25) is 9.89 Å². The van der Waals surface area contributed by atoms with Crippen molar-refractivity contribution in [1.82, 2.24) is 20.2 Å². The van der Waals surface area contributed by atoms with E-state index in [1.165, 1.54) is 11.3 Å². The van der Waals surface area contributed by atoms with Crippen LogP contribution in [0.25, 0.3) is 10.6 Å². The second kappa shape index (κ2) is 6.97. The van der Waals surface area contributed by atoms with Crippen LogP contribution in [0.1, 0.15) is 28.2 Å². The van der Waals surface area contributed by atoms with Gasteiger partial charge in [-0.1, -0.05) is 0 Å². The van der Waals surface area contributed by atoms with Gasteiger partial charge in [-0.05, 0) is 25.0 Å². The first-order valence-electron chi connectivity index (χ1n) is 9.35. The van der Waals surface area contributed by atoms with Gasteiger partial charge in [0.05, 0.1) is 24.1 Å². The van der Waals surface area contributed by atoms with Crippen molar-refractivity contribution < 1.29 is 9.18 Å². The van der Waals surface area contributed by atoms with Crippen LogP contribution in [0.2, 0.25) is 0 Å². The number of carbonyl (C=O) groups excluding carboxylic acids is 1. The second-order valence-corrected chi connectivity index (χ2v) is 8.05. The van der Waals surface area contributed by atoms with Crippen molar-refractivity contribution in [3.05, 3.63) is 41.3 Å². The average Bonchev–Trinajstić information content (AvgIpc) is 3.39. The number of pyridine rings is 1. The van der Waals surface area contributed by atoms with Crippen molar-refractivity contribution in [3.8, 4) is 10.6 Å². The zero-order chi connectivity index (χ0) is 19.1. The van der Waals surface area contributed by atoms with Gasteiger partial charge in [0.1, 0.15) is 21.9 Å². The maximum atomic E-state index is 13.6. The third-order valence-electron chi connectivity index (χ3n) is 5.19. The summed E-state index contributed by atoms with van der Waals surface area (Å²) >= 11 is 1.39. The zero-order valence-corrected chi connectivity index (χ0v) is 16.0. The van der Waals surface area contributed by atoms with E-state index in [9.17, 15) is 9.18 Å². The van der Waals surface area contributed by atoms with Crippen LogP contribution in [0.4, 0.5) is 15.9 Å². The molecule has 0 spiro atoms. The smallest absolute Gasteiger partial charge is 0.270 e. The second-order valence-electron chi connectivity index (χ2n) is 7.05. The fraction of sp³-hybridized carbons (Fsp3) is 0.368. The monoisotopic (exact) mass is 398 g/mol. The summed E-state index contributed by atoms with van der Waals surface area (Å²) in [5.41, 5.74) is 2.48. The molecule has 2 aliphatic rings. The molecule has 144 valence electrons. The van der Waals surface area contributed by atoms with E-state index in [4.69, 9.17) is 0 Å². The van der Waals surface area contributed by atoms with Crippen molar-refractivity contribution in [2.75, 3.05) is 29.4 Å². The Morgan fingerprint density at radius 1 is 1.25 bits per heavy atom. The Balaban J connectivity index is 1.38. The summed E-state index contributed by atoms with van der Waals surface area (Å²) < 4.78 is 13.6. The number of nitrogens with one attached hydrogen (secondary N) is 1. The molecule has 0 aromatic carbocycles. The Bertz CT molecular complexity index is 987. The van der Waals surface area contributed by atoms with Gasteiger partial charge >= 0.3 is 0 Å². The standard InChI is InChI=1S/C19H19FN6OS/c20-13-2-1-6-25(11-13)16-4-3-12(8-21-16)18-24-15-5-7-26(14-9-22-23-10-14)19(27)17(15)28-18/h3-4,8-10,13H,1-2,5-7,11H2,(H,22,23). The highest BCUT2D eigenvalue weighted by Gasteiger charge is 2.30. The molecular weight excluding hydrogens is 379 g/mol. The minimum atomic E-state index is -0.787. The normalized spacial score (nSPS) is 19.8. The Labute approximate surface area is 165 Å². The van der Waals surface area contributed by atoms with E-state index in [-0.39, 0.29) is 5.91 Å². The van der Waals surface area contributed by atoms with Crippen molar-refractivity contribution in [3.63, 3.8) is 0 Å². The number of anilines is 2. The van der Waals surface area contributed by atoms with E-state index in [2.05, 4.69) is 20.2 Å². The number of rotatable bonds is 3. The van der Waals surface area contributed by atoms with E-state index in [1.807, 2.05) is 17.0 Å². The molecule has 1 amide bonds. The number of nitrogens with zero attached hydrogens (tertiary/aromatic N) is 5. The van der Waals surface area contributed by atoms with Gasteiger partial charge in [0.25, 0.3) is 5.91 Å². The lowest BCUT2D eigenvalue weighted by atomic mass is 10.1. The number of fused-ring (bicyclic) bond motifs is 1. The minimum absolute atomic E-state index is 0.0433. The first-order valence-corrected chi connectivity index (χ1v) is 10.2. The van der Waals surface area contributed by atoms with Gasteiger partial charge in [-0.15, -0.1) is 11.3 Å². The molecule has 1 unspecified atom stereocenters. The molecule has 1 atom stereocenters. The van der Waals surface area contributed by atoms with Gasteiger partial charge in [-0.25, -0.2) is 14.4 Å². The maximum absolute atomic E-state index is 13.6. The number of alkyl halides is 1. The fourth-order valence-corrected chi connectivity index (χ4v) is 4.78. The number of hydrogen-bond donors (Lipinski definition) is 1. The molecule has 7 nitrogen and oxygen atoms in total. The highest BCUT2D eigenvalue weighted by molar-refractivity contribution is 7.17. The molecule has 1 N–H and O–H groups in total. The summed E-state index contributed by atoms with van der Waals surface area (Å²) in [5.74, 6) is 0.743. The number of piperidine rings is 1. The van der Waals surface area contributed by atoms with Gasteiger partial charge in [0.2, 0.25) is 0 Å². The quantitative estimate of drug-likeness (QED) is 0.734. The molecule has 9 heteroatoms. The molecule has 1 saturated heterocycles. The third kappa shape index (κ3) is 3.05. The van der Waals surface area contributed by atoms with Gasteiger partial charge < -0.3 is 9.80 Å². The molecule has 2 aliphatic heterocycles. The number of H-pyrrole nitrogens is 1. The van der Waals surface area contributed by atoms with E-state index < -0.39 is 6.17 Å². The maximum Gasteiger partial charge on any atom is 0.270 e. The first-order chi connectivity index (χ1) is 13.7. The van der Waals surface area contributed by atoms with Crippen LogP contribution in [0.3, 0.4) is 0 Å². The number of aromatic amines is 1. The van der Waals surface area contributed by atoms with Gasteiger partial charge in [-0.2, -0.15) is 5.10 Å². The molecule has 1 fully saturated rings. The van der Waals surface area contributed by atoms with Crippen molar-refractivity contribution >= 4 is 28.7 Å². The third-order valence-corrected chi connectivity index (χ3v) is 6.32. The van der Waals surface area contributed by atoms with E-state index >= 15 is 0 Å². The lowest BCUT2D eigenvalue weighted by molar-refractivity contribution is 0.0984. The minimum Gasteiger partial charge on any atom is -0.354 e. The fourth-order valence-electron chi connectivity index (χ4n) is 3.72. The van der Waals surface area contributed by atoms with Crippen LogP contribution in [-0.4, -0.2) is 51.9 Å². The zero-order valence-electron chi connectivity index (χ0n) is 15.1. The molecule has 0 bridgehead atoms. The number of amides is 1. The summed E-state index contributed by atoms with van der Waals surface area (Å²) in [6, 6.07) is 3.86. The van der Waals surface area contributed by atoms with E-state index in [1.54, 1.807) is 23.5 Å². The number of hydrogen-bond acceptors (Lipinski definition) is 6. The lowest BCUT2D eigenvalue weighted by Gasteiger charge is -2.29. The van der Waals surface area contributed by atoms with Crippen LogP contribution < -0.4 is 9.80 Å². The number of carbonyl (C=O) groups is 1. The van der Waals surface area contributed by atoms with Crippen LogP contribution in [0.15, 0.2) is 30.7 Å². The summed E-state index contributed by atoms with van der Waals surface area (Å²) in [6.45, 7) is 1.82. The molecule has 5 rings (SSSR count). The highest BCUT2D eigenvalue weighted by atomic mass is 32.1. The number of thiazole rings is 1. The van der Waals surface area contributed by atoms with Crippen molar-refractivity contribution in [1.29, 1.82) is 0 Å². The summed E-state index contributed by atoms with van der Waals surface area (Å²) in [4.78, 5) is 26.4. The molecule has 28 heavy (non-hydrogen) atoms. The Morgan fingerprint density at radius 2 is 2.18 bits per heavy atom. The highest BCUT2D eigenvalue weighted by Crippen LogP contribution is 2.33. The van der Waals surface area contributed by atoms with Crippen LogP contribution in [0, 0.1) is 0 Å². The number of halogens is 1. The average molecular weight is 398 g/mol. The van der Waals surface area contributed by atoms with Crippen LogP contribution in [0.5, 0.6) is 0 Å². The van der Waals surface area contributed by atoms with Crippen LogP contribution in [-0.2, 0) is 6.42 Å². The van der Waals surface area contributed by atoms with Crippen LogP contribution >= 0.6 is 11.3 Å². The molecule has 3 aromatic heterocycles. The summed E-state index contributed by atoms with van der Waals surface area (Å²) in [6.07, 6.45) is 6.53. The predicted molar refractivity (Wildman–Crippen MR) is 106 cm³/mol. The van der Waals surface area contributed by atoms with Crippen molar-refractivity contribution in [2.24, 2.45) is 0 Å². The van der Waals surface area contributed by atoms with Crippen molar-refractivity contribution in [2.45, 2.75) is 25.4 Å². The molecule has 3 aromatic rings. The summed E-state index contributed by atoms with van der Waals surface area (Å²) in [7, 11) is 0. The predicted octanol–water partition coefficient (Wildman–Crippen LogP) is 3.07. The van der Waals surface area contributed by atoms with E-state index in [0.717, 1.165) is 40.7 Å². The Hall–Kier alpha value is -2.81.